The van der Waals surface area contributed by atoms with Crippen LogP contribution in [0.2, 0.25) is 0 Å². The summed E-state index contributed by atoms with van der Waals surface area (Å²) in [7, 11) is 0. The molecular weight excluding hydrogens is 330 g/mol. The second-order valence-corrected chi connectivity index (χ2v) is 6.29. The number of nitrogens with one attached hydrogen (secondary N) is 1. The normalized spacial score (nSPS) is 11.0. The number of rotatable bonds is 4. The minimum absolute atomic E-state index is 0.00866. The summed E-state index contributed by atoms with van der Waals surface area (Å²) in [5.41, 5.74) is 4.22. The first-order valence-corrected chi connectivity index (χ1v) is 8.36. The number of hydrazine groups is 1. The SMILES string of the molecule is Cc1c(C(=O)NN)c2ccccc2n1C(=O)c1cccc(OC(C)C)c1. The molecule has 3 aromatic rings. The molecule has 3 rings (SSSR count). The molecule has 2 aromatic carbocycles. The van der Waals surface area contributed by atoms with E-state index in [4.69, 9.17) is 10.6 Å². The lowest BCUT2D eigenvalue weighted by atomic mass is 10.1. The van der Waals surface area contributed by atoms with Crippen molar-refractivity contribution in [2.75, 3.05) is 0 Å². The van der Waals surface area contributed by atoms with Gasteiger partial charge in [-0.15, -0.1) is 0 Å². The number of nitrogens with two attached hydrogens (primary N) is 1. The van der Waals surface area contributed by atoms with Crippen molar-refractivity contribution in [1.82, 2.24) is 9.99 Å². The topological polar surface area (TPSA) is 86.4 Å². The van der Waals surface area contributed by atoms with Gasteiger partial charge in [-0.1, -0.05) is 24.3 Å². The quantitative estimate of drug-likeness (QED) is 0.430. The first-order valence-electron chi connectivity index (χ1n) is 8.36. The van der Waals surface area contributed by atoms with Crippen molar-refractivity contribution in [2.45, 2.75) is 26.9 Å². The van der Waals surface area contributed by atoms with Crippen LogP contribution < -0.4 is 16.0 Å². The van der Waals surface area contributed by atoms with Gasteiger partial charge in [-0.25, -0.2) is 5.84 Å². The first kappa shape index (κ1) is 17.7. The molecule has 1 heterocycles. The van der Waals surface area contributed by atoms with Gasteiger partial charge in [0, 0.05) is 16.6 Å². The van der Waals surface area contributed by atoms with Gasteiger partial charge in [0.05, 0.1) is 17.2 Å². The summed E-state index contributed by atoms with van der Waals surface area (Å²) < 4.78 is 7.21. The highest BCUT2D eigenvalue weighted by atomic mass is 16.5. The summed E-state index contributed by atoms with van der Waals surface area (Å²) in [6.45, 7) is 5.59. The number of aromatic nitrogens is 1. The minimum atomic E-state index is -0.429. The fraction of sp³-hybridized carbons (Fsp3) is 0.200. The molecule has 134 valence electrons. The number of nitrogens with zero attached hydrogens (tertiary/aromatic N) is 1. The van der Waals surface area contributed by atoms with E-state index in [0.29, 0.717) is 33.5 Å². The number of carbonyl (C=O) groups excluding carboxylic acids is 2. The molecule has 26 heavy (non-hydrogen) atoms. The second-order valence-electron chi connectivity index (χ2n) is 6.29. The Morgan fingerprint density at radius 2 is 1.85 bits per heavy atom. The molecule has 0 saturated heterocycles. The molecule has 0 radical (unpaired) electrons. The van der Waals surface area contributed by atoms with Gasteiger partial charge in [0.15, 0.2) is 0 Å². The Labute approximate surface area is 151 Å². The summed E-state index contributed by atoms with van der Waals surface area (Å²) >= 11 is 0. The second kappa shape index (κ2) is 7.01. The number of fused-ring (bicyclic) bond motifs is 1. The van der Waals surface area contributed by atoms with Crippen LogP contribution in [0.15, 0.2) is 48.5 Å². The zero-order valence-electron chi connectivity index (χ0n) is 14.9. The molecule has 0 aliphatic rings. The van der Waals surface area contributed by atoms with Crippen molar-refractivity contribution in [1.29, 1.82) is 0 Å². The Hall–Kier alpha value is -3.12. The third-order valence-electron chi connectivity index (χ3n) is 4.13. The standard InChI is InChI=1S/C20H21N3O3/c1-12(2)26-15-8-6-7-14(11-15)20(25)23-13(3)18(19(24)22-21)16-9-4-5-10-17(16)23/h4-12H,21H2,1-3H3,(H,22,24). The molecule has 0 fully saturated rings. The van der Waals surface area contributed by atoms with Gasteiger partial charge in [0.25, 0.3) is 11.8 Å². The molecule has 0 aliphatic heterocycles. The van der Waals surface area contributed by atoms with Gasteiger partial charge in [-0.2, -0.15) is 0 Å². The van der Waals surface area contributed by atoms with Crippen molar-refractivity contribution in [3.8, 4) is 5.75 Å². The Morgan fingerprint density at radius 1 is 1.12 bits per heavy atom. The van der Waals surface area contributed by atoms with Crippen LogP contribution in [0.25, 0.3) is 10.9 Å². The van der Waals surface area contributed by atoms with E-state index in [0.717, 1.165) is 0 Å². The summed E-state index contributed by atoms with van der Waals surface area (Å²) in [6.07, 6.45) is 0.00866. The number of hydrogen-bond donors (Lipinski definition) is 2. The van der Waals surface area contributed by atoms with E-state index in [1.165, 1.54) is 4.57 Å². The zero-order valence-corrected chi connectivity index (χ0v) is 14.9. The van der Waals surface area contributed by atoms with E-state index in [1.807, 2.05) is 38.1 Å². The van der Waals surface area contributed by atoms with Crippen molar-refractivity contribution in [3.63, 3.8) is 0 Å². The highest BCUT2D eigenvalue weighted by Gasteiger charge is 2.23. The molecule has 3 N–H and O–H groups in total. The van der Waals surface area contributed by atoms with E-state index < -0.39 is 5.91 Å². The zero-order chi connectivity index (χ0) is 18.8. The Balaban J connectivity index is 2.15. The number of carbonyl (C=O) groups is 2. The highest BCUT2D eigenvalue weighted by Crippen LogP contribution is 2.27. The number of ether oxygens (including phenoxy) is 1. The lowest BCUT2D eigenvalue weighted by Gasteiger charge is -2.12. The maximum atomic E-state index is 13.2. The molecule has 0 unspecified atom stereocenters. The predicted octanol–water partition coefficient (Wildman–Crippen LogP) is 3.03. The summed E-state index contributed by atoms with van der Waals surface area (Å²) in [6, 6.07) is 14.3. The van der Waals surface area contributed by atoms with E-state index in [-0.39, 0.29) is 12.0 Å². The highest BCUT2D eigenvalue weighted by molar-refractivity contribution is 6.12. The summed E-state index contributed by atoms with van der Waals surface area (Å²) in [5.74, 6) is 5.28. The van der Waals surface area contributed by atoms with Gasteiger partial charge >= 0.3 is 0 Å². The van der Waals surface area contributed by atoms with Crippen LogP contribution >= 0.6 is 0 Å². The van der Waals surface area contributed by atoms with E-state index in [2.05, 4.69) is 5.43 Å². The first-order chi connectivity index (χ1) is 12.4. The van der Waals surface area contributed by atoms with Crippen LogP contribution in [-0.2, 0) is 0 Å². The fourth-order valence-electron chi connectivity index (χ4n) is 3.09. The van der Waals surface area contributed by atoms with Crippen LogP contribution in [0, 0.1) is 6.92 Å². The molecule has 0 spiro atoms. The Bertz CT molecular complexity index is 989. The molecule has 0 aliphatic carbocycles. The maximum absolute atomic E-state index is 13.2. The summed E-state index contributed by atoms with van der Waals surface area (Å²) in [4.78, 5) is 25.4. The third kappa shape index (κ3) is 3.07. The van der Waals surface area contributed by atoms with Crippen LogP contribution in [-0.4, -0.2) is 22.5 Å². The van der Waals surface area contributed by atoms with Gasteiger partial charge < -0.3 is 4.74 Å². The van der Waals surface area contributed by atoms with Crippen LogP contribution in [0.4, 0.5) is 0 Å². The number of nitrogen functional groups attached to an aromatic ring is 1. The number of amides is 1. The smallest absolute Gasteiger partial charge is 0.267 e. The molecular formula is C20H21N3O3. The molecule has 6 nitrogen and oxygen atoms in total. The van der Waals surface area contributed by atoms with Crippen molar-refractivity contribution >= 4 is 22.7 Å². The largest absolute Gasteiger partial charge is 0.491 e. The van der Waals surface area contributed by atoms with E-state index in [9.17, 15) is 9.59 Å². The van der Waals surface area contributed by atoms with Crippen LogP contribution in [0.1, 0.15) is 40.3 Å². The van der Waals surface area contributed by atoms with Crippen molar-refractivity contribution in [3.05, 3.63) is 65.4 Å². The summed E-state index contributed by atoms with van der Waals surface area (Å²) in [5, 5.41) is 0.677. The average Bonchev–Trinajstić information content (AvgIpc) is 2.92. The predicted molar refractivity (Wildman–Crippen MR) is 100 cm³/mol. The third-order valence-corrected chi connectivity index (χ3v) is 4.13. The number of hydrogen-bond acceptors (Lipinski definition) is 4. The fourth-order valence-corrected chi connectivity index (χ4v) is 3.09. The molecule has 0 bridgehead atoms. The molecule has 1 amide bonds. The Kier molecular flexibility index (Phi) is 4.77. The van der Waals surface area contributed by atoms with Crippen molar-refractivity contribution < 1.29 is 14.3 Å². The number of benzene rings is 2. The molecule has 1 aromatic heterocycles. The monoisotopic (exact) mass is 351 g/mol. The lowest BCUT2D eigenvalue weighted by Crippen LogP contribution is -2.30. The van der Waals surface area contributed by atoms with Gasteiger partial charge in [0.1, 0.15) is 5.75 Å². The van der Waals surface area contributed by atoms with E-state index >= 15 is 0 Å². The van der Waals surface area contributed by atoms with Gasteiger partial charge in [0.2, 0.25) is 0 Å². The number of para-hydroxylation sites is 1. The van der Waals surface area contributed by atoms with Crippen LogP contribution in [0.3, 0.4) is 0 Å². The van der Waals surface area contributed by atoms with E-state index in [1.54, 1.807) is 31.2 Å². The molecule has 0 saturated carbocycles. The molecule has 0 atom stereocenters. The maximum Gasteiger partial charge on any atom is 0.267 e. The Morgan fingerprint density at radius 3 is 2.54 bits per heavy atom. The van der Waals surface area contributed by atoms with Gasteiger partial charge in [-0.05, 0) is 45.0 Å². The lowest BCUT2D eigenvalue weighted by molar-refractivity contribution is 0.0953. The van der Waals surface area contributed by atoms with Gasteiger partial charge in [-0.3, -0.25) is 19.6 Å². The van der Waals surface area contributed by atoms with Crippen molar-refractivity contribution in [2.24, 2.45) is 5.84 Å². The van der Waals surface area contributed by atoms with Crippen LogP contribution in [0.5, 0.6) is 5.75 Å². The molecule has 6 heteroatoms. The average molecular weight is 351 g/mol. The minimum Gasteiger partial charge on any atom is -0.491 e.